The van der Waals surface area contributed by atoms with Crippen molar-refractivity contribution in [3.8, 4) is 0 Å². The molecule has 1 aromatic rings. The molecule has 1 aliphatic rings. The second-order valence-electron chi connectivity index (χ2n) is 5.11. The predicted molar refractivity (Wildman–Crippen MR) is 70.4 cm³/mol. The molecule has 0 saturated heterocycles. The number of anilines is 1. The van der Waals surface area contributed by atoms with Crippen LogP contribution in [0.3, 0.4) is 0 Å². The van der Waals surface area contributed by atoms with Gasteiger partial charge in [0.25, 0.3) is 5.69 Å². The maximum atomic E-state index is 13.8. The molecule has 0 amide bonds. The van der Waals surface area contributed by atoms with Crippen molar-refractivity contribution in [2.24, 2.45) is 11.8 Å². The van der Waals surface area contributed by atoms with Crippen molar-refractivity contribution in [1.29, 1.82) is 0 Å². The largest absolute Gasteiger partial charge is 0.477 e. The molecule has 6 nitrogen and oxygen atoms in total. The Morgan fingerprint density at radius 2 is 2.25 bits per heavy atom. The van der Waals surface area contributed by atoms with Crippen molar-refractivity contribution in [2.75, 3.05) is 11.9 Å². The van der Waals surface area contributed by atoms with Crippen LogP contribution in [0.15, 0.2) is 12.1 Å². The highest BCUT2D eigenvalue weighted by Crippen LogP contribution is 2.36. The van der Waals surface area contributed by atoms with Gasteiger partial charge >= 0.3 is 5.97 Å². The Labute approximate surface area is 114 Å². The summed E-state index contributed by atoms with van der Waals surface area (Å²) >= 11 is 0. The molecular weight excluding hydrogens is 267 g/mol. The van der Waals surface area contributed by atoms with Gasteiger partial charge < -0.3 is 10.4 Å². The van der Waals surface area contributed by atoms with E-state index < -0.39 is 28.0 Å². The van der Waals surface area contributed by atoms with Gasteiger partial charge in [-0.25, -0.2) is 9.18 Å². The molecule has 20 heavy (non-hydrogen) atoms. The van der Waals surface area contributed by atoms with Gasteiger partial charge in [-0.3, -0.25) is 10.1 Å². The van der Waals surface area contributed by atoms with Gasteiger partial charge in [-0.1, -0.05) is 6.92 Å². The third kappa shape index (κ3) is 3.04. The topological polar surface area (TPSA) is 92.5 Å². The fourth-order valence-electron chi connectivity index (χ4n) is 2.12. The van der Waals surface area contributed by atoms with Crippen LogP contribution in [0.5, 0.6) is 0 Å². The molecular formula is C13H15FN2O4. The molecule has 7 heteroatoms. The highest BCUT2D eigenvalue weighted by atomic mass is 19.1. The fraction of sp³-hybridized carbons (Fsp3) is 0.462. The number of carboxylic acids is 1. The van der Waals surface area contributed by atoms with Crippen LogP contribution in [-0.2, 0) is 0 Å². The summed E-state index contributed by atoms with van der Waals surface area (Å²) in [6.45, 7) is 2.55. The van der Waals surface area contributed by atoms with Crippen LogP contribution in [0.4, 0.5) is 15.8 Å². The van der Waals surface area contributed by atoms with E-state index in [1.54, 1.807) is 0 Å². The Kier molecular flexibility index (Phi) is 3.87. The van der Waals surface area contributed by atoms with Crippen LogP contribution < -0.4 is 5.32 Å². The molecule has 1 unspecified atom stereocenters. The summed E-state index contributed by atoms with van der Waals surface area (Å²) in [6.07, 6.45) is 2.32. The Morgan fingerprint density at radius 1 is 1.60 bits per heavy atom. The van der Waals surface area contributed by atoms with Crippen molar-refractivity contribution < 1.29 is 19.2 Å². The van der Waals surface area contributed by atoms with Gasteiger partial charge in [0.1, 0.15) is 5.56 Å². The number of hydrogen-bond donors (Lipinski definition) is 2. The third-order valence-electron chi connectivity index (χ3n) is 3.55. The van der Waals surface area contributed by atoms with Gasteiger partial charge in [0.2, 0.25) is 0 Å². The Hall–Kier alpha value is -2.18. The molecule has 2 rings (SSSR count). The van der Waals surface area contributed by atoms with Gasteiger partial charge in [0.15, 0.2) is 5.82 Å². The Morgan fingerprint density at radius 3 is 2.75 bits per heavy atom. The van der Waals surface area contributed by atoms with E-state index in [0.717, 1.165) is 18.9 Å². The van der Waals surface area contributed by atoms with E-state index in [1.165, 1.54) is 0 Å². The quantitative estimate of drug-likeness (QED) is 0.618. The second kappa shape index (κ2) is 5.44. The minimum atomic E-state index is -1.45. The zero-order chi connectivity index (χ0) is 14.9. The average molecular weight is 282 g/mol. The first kappa shape index (κ1) is 14.2. The highest BCUT2D eigenvalue weighted by Gasteiger charge is 2.28. The first-order chi connectivity index (χ1) is 9.40. The van der Waals surface area contributed by atoms with Crippen LogP contribution >= 0.6 is 0 Å². The van der Waals surface area contributed by atoms with Crippen molar-refractivity contribution in [3.63, 3.8) is 0 Å². The summed E-state index contributed by atoms with van der Waals surface area (Å²) in [5, 5.41) is 22.5. The maximum absolute atomic E-state index is 13.8. The molecule has 108 valence electrons. The van der Waals surface area contributed by atoms with Crippen LogP contribution in [0.25, 0.3) is 0 Å². The minimum absolute atomic E-state index is 0.0134. The monoisotopic (exact) mass is 282 g/mol. The molecule has 0 radical (unpaired) electrons. The number of nitro groups is 1. The first-order valence-electron chi connectivity index (χ1n) is 6.35. The van der Waals surface area contributed by atoms with Gasteiger partial charge in [-0.2, -0.15) is 0 Å². The maximum Gasteiger partial charge on any atom is 0.342 e. The lowest BCUT2D eigenvalue weighted by atomic mass is 10.1. The number of aromatic carboxylic acids is 1. The number of carboxylic acid groups (broad SMARTS) is 1. The van der Waals surface area contributed by atoms with E-state index >= 15 is 0 Å². The molecule has 1 aliphatic carbocycles. The Bertz CT molecular complexity index is 558. The molecule has 1 fully saturated rings. The standard InChI is InChI=1S/C13H15FN2O4/c1-7(8-2-3-8)6-15-11-4-9(13(17)18)12(16(19)20)5-10(11)14/h4-5,7-8,15H,2-3,6H2,1H3,(H,17,18). The van der Waals surface area contributed by atoms with Crippen LogP contribution in [-0.4, -0.2) is 22.5 Å². The molecule has 1 atom stereocenters. The van der Waals surface area contributed by atoms with Crippen molar-refractivity contribution >= 4 is 17.3 Å². The normalized spacial score (nSPS) is 15.7. The van der Waals surface area contributed by atoms with Crippen LogP contribution in [0.1, 0.15) is 30.1 Å². The Balaban J connectivity index is 2.21. The number of hydrogen-bond acceptors (Lipinski definition) is 4. The number of benzene rings is 1. The predicted octanol–water partition coefficient (Wildman–Crippen LogP) is 2.89. The smallest absolute Gasteiger partial charge is 0.342 e. The lowest BCUT2D eigenvalue weighted by Crippen LogP contribution is -2.14. The molecule has 1 saturated carbocycles. The second-order valence-corrected chi connectivity index (χ2v) is 5.11. The van der Waals surface area contributed by atoms with E-state index in [0.29, 0.717) is 24.4 Å². The lowest BCUT2D eigenvalue weighted by molar-refractivity contribution is -0.385. The fourth-order valence-corrected chi connectivity index (χ4v) is 2.12. The zero-order valence-electron chi connectivity index (χ0n) is 10.9. The molecule has 0 heterocycles. The summed E-state index contributed by atoms with van der Waals surface area (Å²) in [5.74, 6) is -1.28. The molecule has 2 N–H and O–H groups in total. The summed E-state index contributed by atoms with van der Waals surface area (Å²) in [7, 11) is 0. The third-order valence-corrected chi connectivity index (χ3v) is 3.55. The number of carbonyl (C=O) groups is 1. The van der Waals surface area contributed by atoms with E-state index in [-0.39, 0.29) is 5.69 Å². The van der Waals surface area contributed by atoms with Gasteiger partial charge in [0.05, 0.1) is 16.7 Å². The number of halogens is 1. The van der Waals surface area contributed by atoms with Gasteiger partial charge in [-0.15, -0.1) is 0 Å². The molecule has 0 aliphatic heterocycles. The summed E-state index contributed by atoms with van der Waals surface area (Å²) in [5.41, 5.74) is -1.27. The lowest BCUT2D eigenvalue weighted by Gasteiger charge is -2.13. The van der Waals surface area contributed by atoms with Gasteiger partial charge in [-0.05, 0) is 30.7 Å². The number of nitrogens with zero attached hydrogens (tertiary/aromatic N) is 1. The average Bonchev–Trinajstić information content (AvgIpc) is 3.20. The van der Waals surface area contributed by atoms with Crippen molar-refractivity contribution in [2.45, 2.75) is 19.8 Å². The van der Waals surface area contributed by atoms with Crippen LogP contribution in [0, 0.1) is 27.8 Å². The molecule has 1 aromatic carbocycles. The highest BCUT2D eigenvalue weighted by molar-refractivity contribution is 5.93. The SMILES string of the molecule is CC(CNc1cc(C(=O)O)c([N+](=O)[O-])cc1F)C1CC1. The van der Waals surface area contributed by atoms with E-state index in [4.69, 9.17) is 5.11 Å². The van der Waals surface area contributed by atoms with E-state index in [1.807, 2.05) is 6.92 Å². The number of nitrogens with one attached hydrogen (secondary N) is 1. The summed E-state index contributed by atoms with van der Waals surface area (Å²) in [6, 6.07) is 1.63. The van der Waals surface area contributed by atoms with E-state index in [2.05, 4.69) is 5.32 Å². The number of rotatable bonds is 6. The zero-order valence-corrected chi connectivity index (χ0v) is 10.9. The summed E-state index contributed by atoms with van der Waals surface area (Å²) < 4.78 is 13.8. The van der Waals surface area contributed by atoms with Gasteiger partial charge in [0, 0.05) is 6.54 Å². The number of nitro benzene ring substituents is 1. The molecule has 0 aromatic heterocycles. The van der Waals surface area contributed by atoms with Crippen LogP contribution in [0.2, 0.25) is 0 Å². The molecule has 0 spiro atoms. The summed E-state index contributed by atoms with van der Waals surface area (Å²) in [4.78, 5) is 20.8. The first-order valence-corrected chi connectivity index (χ1v) is 6.35. The minimum Gasteiger partial charge on any atom is -0.477 e. The molecule has 0 bridgehead atoms. The van der Waals surface area contributed by atoms with Crippen molar-refractivity contribution in [1.82, 2.24) is 0 Å². The van der Waals surface area contributed by atoms with E-state index in [9.17, 15) is 19.3 Å². The van der Waals surface area contributed by atoms with Crippen molar-refractivity contribution in [3.05, 3.63) is 33.6 Å².